The number of carbonyl (C=O) groups is 2. The van der Waals surface area contributed by atoms with Crippen molar-refractivity contribution in [3.05, 3.63) is 64.7 Å². The maximum absolute atomic E-state index is 12.3. The number of rotatable bonds is 1. The quantitative estimate of drug-likeness (QED) is 0.361. The van der Waals surface area contributed by atoms with Gasteiger partial charge in [-0.15, -0.1) is 0 Å². The van der Waals surface area contributed by atoms with Gasteiger partial charge in [-0.05, 0) is 18.2 Å². The van der Waals surface area contributed by atoms with Crippen molar-refractivity contribution in [1.29, 1.82) is 0 Å². The Morgan fingerprint density at radius 1 is 0.773 bits per heavy atom. The molecule has 0 atom stereocenters. The fraction of sp³-hybridized carbons (Fsp3) is 0. The smallest absolute Gasteiger partial charge is 1.00 e. The molecule has 2 aromatic rings. The molecule has 0 amide bonds. The van der Waals surface area contributed by atoms with E-state index in [2.05, 4.69) is 0 Å². The van der Waals surface area contributed by atoms with E-state index in [9.17, 15) is 18.0 Å². The van der Waals surface area contributed by atoms with Gasteiger partial charge < -0.3 is 2.85 Å². The molecule has 1 N–H and O–H groups in total. The van der Waals surface area contributed by atoms with Crippen LogP contribution in [0.2, 0.25) is 0 Å². The summed E-state index contributed by atoms with van der Waals surface area (Å²) in [7, 11) is -4.42. The molecule has 0 bridgehead atoms. The Bertz CT molecular complexity index is 884. The van der Waals surface area contributed by atoms with Crippen LogP contribution in [0.25, 0.3) is 0 Å². The predicted octanol–water partition coefficient (Wildman–Crippen LogP) is -4.06. The second kappa shape index (κ2) is 7.07. The minimum absolute atomic E-state index is 0. The molecule has 0 fully saturated rings. The van der Waals surface area contributed by atoms with Gasteiger partial charge in [-0.2, -0.15) is 8.42 Å². The first kappa shape index (κ1) is 19.7. The molecule has 8 heteroatoms. The van der Waals surface area contributed by atoms with Gasteiger partial charge in [-0.3, -0.25) is 14.1 Å². The van der Waals surface area contributed by atoms with Gasteiger partial charge in [-0.1, -0.05) is 24.3 Å². The van der Waals surface area contributed by atoms with Crippen LogP contribution in [-0.2, 0) is 10.1 Å². The zero-order valence-electron chi connectivity index (χ0n) is 14.0. The molecule has 0 unspecified atom stereocenters. The number of ketones is 2. The van der Waals surface area contributed by atoms with E-state index in [1.54, 1.807) is 18.2 Å². The third kappa shape index (κ3) is 3.29. The van der Waals surface area contributed by atoms with Gasteiger partial charge >= 0.3 is 59.1 Å². The third-order valence-corrected chi connectivity index (χ3v) is 4.04. The van der Waals surface area contributed by atoms with Crippen LogP contribution in [0.15, 0.2) is 47.4 Å². The fourth-order valence-electron chi connectivity index (χ4n) is 2.24. The molecule has 0 saturated carbocycles. The van der Waals surface area contributed by atoms with Crippen molar-refractivity contribution in [3.8, 4) is 0 Å². The number of benzene rings is 2. The first-order valence-corrected chi connectivity index (χ1v) is 7.13. The summed E-state index contributed by atoms with van der Waals surface area (Å²) in [6, 6.07) is 9.72. The molecule has 2 aromatic carbocycles. The molecule has 0 aromatic heterocycles. The van der Waals surface area contributed by atoms with Gasteiger partial charge in [0.05, 0.1) is 4.90 Å². The summed E-state index contributed by atoms with van der Waals surface area (Å²) in [4.78, 5) is 24.1. The summed E-state index contributed by atoms with van der Waals surface area (Å²) in [6.07, 6.45) is 0. The van der Waals surface area contributed by atoms with E-state index >= 15 is 0 Å². The Hall–Kier alpha value is -0.310. The van der Waals surface area contributed by atoms with E-state index in [1.807, 2.05) is 0 Å². The Kier molecular flexibility index (Phi) is 6.34. The van der Waals surface area contributed by atoms with E-state index in [0.29, 0.717) is 5.56 Å². The van der Waals surface area contributed by atoms with Crippen LogP contribution in [-0.4, -0.2) is 24.5 Å². The minimum atomic E-state index is -4.42. The molecule has 3 rings (SSSR count). The average Bonchev–Trinajstić information content (AvgIpc) is 2.43. The van der Waals surface area contributed by atoms with Crippen molar-refractivity contribution in [3.63, 3.8) is 0 Å². The van der Waals surface area contributed by atoms with Crippen molar-refractivity contribution < 1.29 is 84.5 Å². The number of hydrogen-bond donors (Lipinski definition) is 1. The van der Waals surface area contributed by atoms with Crippen molar-refractivity contribution in [2.24, 2.45) is 0 Å². The molecule has 0 aliphatic heterocycles. The Morgan fingerprint density at radius 2 is 1.23 bits per heavy atom. The summed E-state index contributed by atoms with van der Waals surface area (Å²) in [5, 5.41) is 0. The minimum Gasteiger partial charge on any atom is -1.00 e. The van der Waals surface area contributed by atoms with Gasteiger partial charge in [0.15, 0.2) is 11.6 Å². The molecule has 1 aliphatic rings. The molecule has 0 heterocycles. The summed E-state index contributed by atoms with van der Waals surface area (Å²) in [5.41, 5.74) is 0.659. The van der Waals surface area contributed by atoms with Crippen LogP contribution in [0, 0.1) is 0 Å². The molecular weight excluding hydrogens is 326 g/mol. The molecule has 5 nitrogen and oxygen atoms in total. The first-order chi connectivity index (χ1) is 9.39. The van der Waals surface area contributed by atoms with E-state index in [4.69, 9.17) is 4.55 Å². The number of carbonyl (C=O) groups excluding carboxylic acids is 2. The Morgan fingerprint density at radius 3 is 1.73 bits per heavy atom. The molecule has 0 saturated heterocycles. The van der Waals surface area contributed by atoms with Crippen molar-refractivity contribution in [2.45, 2.75) is 4.90 Å². The number of fused-ring (bicyclic) bond motifs is 2. The monoisotopic (exact) mass is 336 g/mol. The van der Waals surface area contributed by atoms with Crippen molar-refractivity contribution in [1.82, 2.24) is 0 Å². The van der Waals surface area contributed by atoms with Gasteiger partial charge in [0.2, 0.25) is 0 Å². The molecule has 0 spiro atoms. The molecular formula is C14H10Na2O5S. The maximum atomic E-state index is 12.3. The van der Waals surface area contributed by atoms with E-state index in [-0.39, 0.29) is 84.4 Å². The molecule has 0 radical (unpaired) electrons. The number of hydrogen-bond acceptors (Lipinski definition) is 4. The van der Waals surface area contributed by atoms with Crippen LogP contribution < -0.4 is 59.1 Å². The normalized spacial score (nSPS) is 12.6. The fourth-order valence-corrected chi connectivity index (χ4v) is 2.75. The third-order valence-electron chi connectivity index (χ3n) is 3.19. The summed E-state index contributed by atoms with van der Waals surface area (Å²) in [5.74, 6) is -0.766. The SMILES string of the molecule is O=C1c2ccccc2C(=O)c2cc(S(=O)(=O)O)ccc21.[H-].[H-].[Na+].[Na+]. The van der Waals surface area contributed by atoms with E-state index in [1.165, 1.54) is 12.1 Å². The van der Waals surface area contributed by atoms with Crippen LogP contribution in [0.4, 0.5) is 0 Å². The van der Waals surface area contributed by atoms with Crippen molar-refractivity contribution >= 4 is 21.7 Å². The second-order valence-corrected chi connectivity index (χ2v) is 5.81. The van der Waals surface area contributed by atoms with Crippen molar-refractivity contribution in [2.75, 3.05) is 0 Å². The molecule has 22 heavy (non-hydrogen) atoms. The van der Waals surface area contributed by atoms with Gasteiger partial charge in [0.1, 0.15) is 0 Å². The predicted molar refractivity (Wildman–Crippen MR) is 71.8 cm³/mol. The standard InChI is InChI=1S/C14H8O5S.2Na.2H/c15-13-9-3-1-2-4-10(9)14(16)12-7-8(20(17,18)19)5-6-11(12)13;;;;/h1-7H,(H,17,18,19);;;;/q;2*+1;2*-1. The van der Waals surface area contributed by atoms with Crippen LogP contribution in [0.5, 0.6) is 0 Å². The van der Waals surface area contributed by atoms with Crippen LogP contribution in [0.3, 0.4) is 0 Å². The summed E-state index contributed by atoms with van der Waals surface area (Å²) < 4.78 is 31.2. The topological polar surface area (TPSA) is 88.5 Å². The van der Waals surface area contributed by atoms with E-state index in [0.717, 1.165) is 12.1 Å². The maximum Gasteiger partial charge on any atom is 1.00 e. The average molecular weight is 336 g/mol. The zero-order valence-corrected chi connectivity index (χ0v) is 16.8. The Labute approximate surface area is 174 Å². The molecule has 104 valence electrons. The van der Waals surface area contributed by atoms with Gasteiger partial charge in [0, 0.05) is 22.3 Å². The molecule has 1 aliphatic carbocycles. The van der Waals surface area contributed by atoms with E-state index < -0.39 is 20.8 Å². The van der Waals surface area contributed by atoms with Crippen LogP contribution in [0.1, 0.15) is 34.7 Å². The largest absolute Gasteiger partial charge is 1.00 e. The Balaban J connectivity index is 0. The summed E-state index contributed by atoms with van der Waals surface area (Å²) in [6.45, 7) is 0. The first-order valence-electron chi connectivity index (χ1n) is 5.69. The van der Waals surface area contributed by atoms with Crippen LogP contribution >= 0.6 is 0 Å². The second-order valence-electron chi connectivity index (χ2n) is 4.39. The summed E-state index contributed by atoms with van der Waals surface area (Å²) >= 11 is 0. The van der Waals surface area contributed by atoms with Gasteiger partial charge in [-0.25, -0.2) is 0 Å². The van der Waals surface area contributed by atoms with Gasteiger partial charge in [0.25, 0.3) is 10.1 Å². The zero-order chi connectivity index (χ0) is 14.5.